The zero-order chi connectivity index (χ0) is 26.3. The molecule has 4 rings (SSSR count). The average molecular weight is 524 g/mol. The fourth-order valence-electron chi connectivity index (χ4n) is 4.63. The standard InChI is InChI=1S/C27H37N7O2S/c1-4-16-28-25-32-26(34-27(33-25)31-19(2)3)29-17-20-12-14-21(15-13-20)18-30-37(35,36)24-11-7-9-22-8-5-6-10-23(22)24/h4-11,19-21,30H,1,12-18H2,2-3H3,(H3,28,29,31,32,33,34). The van der Waals surface area contributed by atoms with Gasteiger partial charge in [0, 0.05) is 31.1 Å². The van der Waals surface area contributed by atoms with Gasteiger partial charge < -0.3 is 16.0 Å². The second kappa shape index (κ2) is 12.3. The summed E-state index contributed by atoms with van der Waals surface area (Å²) < 4.78 is 29.0. The normalized spacial score (nSPS) is 18.0. The Hall–Kier alpha value is -3.24. The highest BCUT2D eigenvalue weighted by atomic mass is 32.2. The molecular weight excluding hydrogens is 486 g/mol. The average Bonchev–Trinajstić information content (AvgIpc) is 2.89. The second-order valence-corrected chi connectivity index (χ2v) is 11.6. The number of sulfonamides is 1. The molecular formula is C27H37N7O2S. The fourth-order valence-corrected chi connectivity index (χ4v) is 5.97. The first-order chi connectivity index (χ1) is 17.8. The van der Waals surface area contributed by atoms with Gasteiger partial charge in [0.15, 0.2) is 0 Å². The third kappa shape index (κ3) is 7.39. The maximum Gasteiger partial charge on any atom is 0.241 e. The molecule has 9 nitrogen and oxygen atoms in total. The van der Waals surface area contributed by atoms with Gasteiger partial charge in [0.1, 0.15) is 0 Å². The van der Waals surface area contributed by atoms with Crippen LogP contribution in [0, 0.1) is 11.8 Å². The molecule has 0 unspecified atom stereocenters. The van der Waals surface area contributed by atoms with Gasteiger partial charge in [-0.05, 0) is 62.8 Å². The molecule has 0 saturated heterocycles. The number of nitrogens with zero attached hydrogens (tertiary/aromatic N) is 3. The Kier molecular flexibility index (Phi) is 8.94. The quantitative estimate of drug-likeness (QED) is 0.253. The van der Waals surface area contributed by atoms with Gasteiger partial charge in [-0.2, -0.15) is 15.0 Å². The van der Waals surface area contributed by atoms with Crippen LogP contribution in [-0.2, 0) is 10.0 Å². The lowest BCUT2D eigenvalue weighted by molar-refractivity contribution is 0.284. The van der Waals surface area contributed by atoms with Crippen molar-refractivity contribution in [3.05, 3.63) is 55.1 Å². The number of rotatable bonds is 12. The molecule has 1 aliphatic carbocycles. The van der Waals surface area contributed by atoms with Crippen LogP contribution >= 0.6 is 0 Å². The van der Waals surface area contributed by atoms with E-state index in [2.05, 4.69) is 42.2 Å². The van der Waals surface area contributed by atoms with Crippen molar-refractivity contribution in [2.75, 3.05) is 35.6 Å². The van der Waals surface area contributed by atoms with Gasteiger partial charge in [0.2, 0.25) is 27.9 Å². The Labute approximate surface area is 219 Å². The van der Waals surface area contributed by atoms with Crippen LogP contribution in [0.1, 0.15) is 39.5 Å². The Morgan fingerprint density at radius 3 is 2.22 bits per heavy atom. The minimum atomic E-state index is -3.57. The summed E-state index contributed by atoms with van der Waals surface area (Å²) in [6, 6.07) is 13.2. The van der Waals surface area contributed by atoms with E-state index < -0.39 is 10.0 Å². The van der Waals surface area contributed by atoms with E-state index in [0.717, 1.165) is 43.0 Å². The smallest absolute Gasteiger partial charge is 0.241 e. The molecule has 10 heteroatoms. The maximum absolute atomic E-state index is 13.0. The first-order valence-corrected chi connectivity index (χ1v) is 14.4. The van der Waals surface area contributed by atoms with E-state index in [0.29, 0.717) is 47.7 Å². The summed E-state index contributed by atoms with van der Waals surface area (Å²) in [7, 11) is -3.57. The molecule has 4 N–H and O–H groups in total. The molecule has 1 saturated carbocycles. The van der Waals surface area contributed by atoms with Crippen LogP contribution in [0.2, 0.25) is 0 Å². The van der Waals surface area contributed by atoms with E-state index in [9.17, 15) is 8.42 Å². The van der Waals surface area contributed by atoms with E-state index >= 15 is 0 Å². The van der Waals surface area contributed by atoms with Gasteiger partial charge in [-0.3, -0.25) is 0 Å². The number of anilines is 3. The maximum atomic E-state index is 13.0. The van der Waals surface area contributed by atoms with Crippen molar-refractivity contribution < 1.29 is 8.42 Å². The molecule has 1 heterocycles. The molecule has 1 fully saturated rings. The lowest BCUT2D eigenvalue weighted by Crippen LogP contribution is -2.32. The predicted molar refractivity (Wildman–Crippen MR) is 150 cm³/mol. The van der Waals surface area contributed by atoms with Crippen LogP contribution in [0.25, 0.3) is 10.8 Å². The van der Waals surface area contributed by atoms with Gasteiger partial charge >= 0.3 is 0 Å². The molecule has 0 radical (unpaired) electrons. The summed E-state index contributed by atoms with van der Waals surface area (Å²) in [4.78, 5) is 13.7. The zero-order valence-electron chi connectivity index (χ0n) is 21.6. The van der Waals surface area contributed by atoms with E-state index in [-0.39, 0.29) is 6.04 Å². The summed E-state index contributed by atoms with van der Waals surface area (Å²) >= 11 is 0. The van der Waals surface area contributed by atoms with E-state index in [1.54, 1.807) is 18.2 Å². The lowest BCUT2D eigenvalue weighted by atomic mass is 9.82. The highest BCUT2D eigenvalue weighted by molar-refractivity contribution is 7.89. The van der Waals surface area contributed by atoms with Gasteiger partial charge in [-0.1, -0.05) is 42.5 Å². The molecule has 2 aromatic carbocycles. The van der Waals surface area contributed by atoms with Gasteiger partial charge in [0.25, 0.3) is 0 Å². The Morgan fingerprint density at radius 2 is 1.51 bits per heavy atom. The Balaban J connectivity index is 1.28. The molecule has 0 amide bonds. The van der Waals surface area contributed by atoms with Gasteiger partial charge in [-0.15, -0.1) is 6.58 Å². The van der Waals surface area contributed by atoms with Crippen LogP contribution in [0.15, 0.2) is 60.0 Å². The highest BCUT2D eigenvalue weighted by Crippen LogP contribution is 2.29. The van der Waals surface area contributed by atoms with Crippen LogP contribution in [0.5, 0.6) is 0 Å². The van der Waals surface area contributed by atoms with Crippen molar-refractivity contribution in [2.45, 2.75) is 50.5 Å². The summed E-state index contributed by atoms with van der Waals surface area (Å²) in [5.74, 6) is 2.38. The van der Waals surface area contributed by atoms with Crippen molar-refractivity contribution >= 4 is 38.6 Å². The number of nitrogens with one attached hydrogen (secondary N) is 4. The first kappa shape index (κ1) is 26.8. The van der Waals surface area contributed by atoms with Crippen molar-refractivity contribution in [2.24, 2.45) is 11.8 Å². The van der Waals surface area contributed by atoms with Crippen molar-refractivity contribution in [3.8, 4) is 0 Å². The SMILES string of the molecule is C=CCNc1nc(NCC2CCC(CNS(=O)(=O)c3cccc4ccccc34)CC2)nc(NC(C)C)n1. The monoisotopic (exact) mass is 523 g/mol. The van der Waals surface area contributed by atoms with Crippen molar-refractivity contribution in [3.63, 3.8) is 0 Å². The minimum absolute atomic E-state index is 0.204. The van der Waals surface area contributed by atoms with Crippen molar-refractivity contribution in [1.82, 2.24) is 19.7 Å². The summed E-state index contributed by atoms with van der Waals surface area (Å²) in [6.07, 6.45) is 5.77. The molecule has 198 valence electrons. The Morgan fingerprint density at radius 1 is 0.892 bits per heavy atom. The van der Waals surface area contributed by atoms with Crippen LogP contribution in [0.3, 0.4) is 0 Å². The fraction of sp³-hybridized carbons (Fsp3) is 0.444. The number of hydrogen-bond donors (Lipinski definition) is 4. The van der Waals surface area contributed by atoms with E-state index in [4.69, 9.17) is 0 Å². The molecule has 0 aliphatic heterocycles. The molecule has 0 bridgehead atoms. The Bertz CT molecular complexity index is 1300. The van der Waals surface area contributed by atoms with Crippen molar-refractivity contribution in [1.29, 1.82) is 0 Å². The topological polar surface area (TPSA) is 121 Å². The van der Waals surface area contributed by atoms with Gasteiger partial charge in [0.05, 0.1) is 4.90 Å². The van der Waals surface area contributed by atoms with Crippen LogP contribution < -0.4 is 20.7 Å². The zero-order valence-corrected chi connectivity index (χ0v) is 22.4. The third-order valence-corrected chi connectivity index (χ3v) is 8.06. The first-order valence-electron chi connectivity index (χ1n) is 12.9. The second-order valence-electron chi connectivity index (χ2n) is 9.87. The largest absolute Gasteiger partial charge is 0.354 e. The third-order valence-electron chi connectivity index (χ3n) is 6.57. The number of benzene rings is 2. The number of aromatic nitrogens is 3. The molecule has 37 heavy (non-hydrogen) atoms. The van der Waals surface area contributed by atoms with E-state index in [1.807, 2.05) is 44.2 Å². The van der Waals surface area contributed by atoms with Crippen LogP contribution in [0.4, 0.5) is 17.8 Å². The summed E-state index contributed by atoms with van der Waals surface area (Å²) in [6.45, 7) is 9.59. The molecule has 1 aromatic heterocycles. The van der Waals surface area contributed by atoms with E-state index in [1.165, 1.54) is 0 Å². The molecule has 0 spiro atoms. The molecule has 1 aliphatic rings. The van der Waals surface area contributed by atoms with Crippen LogP contribution in [-0.4, -0.2) is 49.0 Å². The summed E-state index contributed by atoms with van der Waals surface area (Å²) in [5, 5.41) is 11.4. The predicted octanol–water partition coefficient (Wildman–Crippen LogP) is 4.64. The number of fused-ring (bicyclic) bond motifs is 1. The minimum Gasteiger partial charge on any atom is -0.354 e. The number of hydrogen-bond acceptors (Lipinski definition) is 8. The molecule has 3 aromatic rings. The highest BCUT2D eigenvalue weighted by Gasteiger charge is 2.24. The summed E-state index contributed by atoms with van der Waals surface area (Å²) in [5.41, 5.74) is 0. The lowest BCUT2D eigenvalue weighted by Gasteiger charge is -2.28. The molecule has 0 atom stereocenters. The van der Waals surface area contributed by atoms with Gasteiger partial charge in [-0.25, -0.2) is 13.1 Å².